The number of amides is 3. The standard InChI is InChI=1S/C19H28N4O4/c1-2-5-20-6-3-16(4-7-20)17(24)21-8-10-22(11-9-21)18(25)19(26)23-12-14-27-15-13-23/h1,16H,3-15H2. The van der Waals surface area contributed by atoms with Gasteiger partial charge in [0.2, 0.25) is 5.91 Å². The summed E-state index contributed by atoms with van der Waals surface area (Å²) in [6.07, 6.45) is 7.00. The highest BCUT2D eigenvalue weighted by molar-refractivity contribution is 6.34. The predicted octanol–water partition coefficient (Wildman–Crippen LogP) is -1.14. The molecule has 8 nitrogen and oxygen atoms in total. The summed E-state index contributed by atoms with van der Waals surface area (Å²) in [5.74, 6) is 1.93. The van der Waals surface area contributed by atoms with E-state index in [-0.39, 0.29) is 11.8 Å². The molecule has 0 aromatic carbocycles. The average Bonchev–Trinajstić information content (AvgIpc) is 2.74. The summed E-state index contributed by atoms with van der Waals surface area (Å²) in [4.78, 5) is 44.7. The quantitative estimate of drug-likeness (QED) is 0.450. The van der Waals surface area contributed by atoms with E-state index in [1.807, 2.05) is 4.90 Å². The molecule has 3 heterocycles. The third kappa shape index (κ3) is 4.79. The van der Waals surface area contributed by atoms with Gasteiger partial charge in [0.1, 0.15) is 0 Å². The van der Waals surface area contributed by atoms with Crippen molar-refractivity contribution in [1.82, 2.24) is 19.6 Å². The molecule has 0 radical (unpaired) electrons. The van der Waals surface area contributed by atoms with Gasteiger partial charge in [-0.15, -0.1) is 6.42 Å². The zero-order valence-corrected chi connectivity index (χ0v) is 15.8. The maximum Gasteiger partial charge on any atom is 0.312 e. The number of piperidine rings is 1. The first-order chi connectivity index (χ1) is 13.1. The molecule has 3 rings (SSSR count). The maximum atomic E-state index is 12.8. The molecular weight excluding hydrogens is 348 g/mol. The summed E-state index contributed by atoms with van der Waals surface area (Å²) in [7, 11) is 0. The molecule has 27 heavy (non-hydrogen) atoms. The van der Waals surface area contributed by atoms with Crippen LogP contribution in [0.3, 0.4) is 0 Å². The lowest BCUT2D eigenvalue weighted by molar-refractivity contribution is -0.156. The van der Waals surface area contributed by atoms with Crippen molar-refractivity contribution in [3.63, 3.8) is 0 Å². The Labute approximate surface area is 160 Å². The van der Waals surface area contributed by atoms with Crippen LogP contribution in [0, 0.1) is 18.3 Å². The van der Waals surface area contributed by atoms with Crippen molar-refractivity contribution in [3.05, 3.63) is 0 Å². The predicted molar refractivity (Wildman–Crippen MR) is 98.6 cm³/mol. The van der Waals surface area contributed by atoms with E-state index in [1.165, 1.54) is 0 Å². The molecule has 0 bridgehead atoms. The van der Waals surface area contributed by atoms with Crippen LogP contribution in [-0.2, 0) is 19.1 Å². The van der Waals surface area contributed by atoms with Crippen molar-refractivity contribution in [2.24, 2.45) is 5.92 Å². The minimum absolute atomic E-state index is 0.0382. The number of carbonyl (C=O) groups excluding carboxylic acids is 3. The zero-order valence-electron chi connectivity index (χ0n) is 15.8. The summed E-state index contributed by atoms with van der Waals surface area (Å²) in [6, 6.07) is 0. The average molecular weight is 376 g/mol. The molecular formula is C19H28N4O4. The lowest BCUT2D eigenvalue weighted by Crippen LogP contribution is -2.56. The lowest BCUT2D eigenvalue weighted by atomic mass is 9.95. The van der Waals surface area contributed by atoms with Crippen molar-refractivity contribution in [3.8, 4) is 12.3 Å². The number of morpholine rings is 1. The van der Waals surface area contributed by atoms with Gasteiger partial charge in [-0.05, 0) is 25.9 Å². The van der Waals surface area contributed by atoms with Crippen LogP contribution in [-0.4, -0.2) is 109 Å². The van der Waals surface area contributed by atoms with Crippen LogP contribution in [0.4, 0.5) is 0 Å². The molecule has 3 aliphatic heterocycles. The normalized spacial score (nSPS) is 22.4. The summed E-state index contributed by atoms with van der Waals surface area (Å²) in [5.41, 5.74) is 0. The minimum atomic E-state index is -0.466. The second-order valence-electron chi connectivity index (χ2n) is 7.28. The highest BCUT2D eigenvalue weighted by atomic mass is 16.5. The number of likely N-dealkylation sites (tertiary alicyclic amines) is 1. The minimum Gasteiger partial charge on any atom is -0.378 e. The van der Waals surface area contributed by atoms with E-state index < -0.39 is 11.8 Å². The Hall–Kier alpha value is -2.11. The van der Waals surface area contributed by atoms with Crippen LogP contribution in [0.5, 0.6) is 0 Å². The monoisotopic (exact) mass is 376 g/mol. The Kier molecular flexibility index (Phi) is 6.69. The summed E-state index contributed by atoms with van der Waals surface area (Å²) in [5, 5.41) is 0. The Morgan fingerprint density at radius 3 is 1.89 bits per heavy atom. The molecule has 3 aliphatic rings. The van der Waals surface area contributed by atoms with Crippen LogP contribution >= 0.6 is 0 Å². The molecule has 0 aliphatic carbocycles. The molecule has 0 N–H and O–H groups in total. The van der Waals surface area contributed by atoms with Gasteiger partial charge in [0, 0.05) is 45.2 Å². The number of hydrogen-bond donors (Lipinski definition) is 0. The number of hydrogen-bond acceptors (Lipinski definition) is 5. The van der Waals surface area contributed by atoms with Crippen LogP contribution < -0.4 is 0 Å². The number of terminal acetylenes is 1. The van der Waals surface area contributed by atoms with Gasteiger partial charge in [-0.25, -0.2) is 0 Å². The smallest absolute Gasteiger partial charge is 0.312 e. The molecule has 3 amide bonds. The Bertz CT molecular complexity index is 595. The van der Waals surface area contributed by atoms with Gasteiger partial charge in [0.25, 0.3) is 0 Å². The largest absolute Gasteiger partial charge is 0.378 e. The fraction of sp³-hybridized carbons (Fsp3) is 0.737. The van der Waals surface area contributed by atoms with E-state index in [0.29, 0.717) is 59.0 Å². The fourth-order valence-corrected chi connectivity index (χ4v) is 3.89. The summed E-state index contributed by atoms with van der Waals surface area (Å²) in [6.45, 7) is 6.02. The van der Waals surface area contributed by atoms with Gasteiger partial charge >= 0.3 is 11.8 Å². The number of piperazine rings is 1. The highest BCUT2D eigenvalue weighted by Crippen LogP contribution is 2.20. The molecule has 148 valence electrons. The van der Waals surface area contributed by atoms with E-state index >= 15 is 0 Å². The molecule has 0 atom stereocenters. The first-order valence-electron chi connectivity index (χ1n) is 9.70. The Balaban J connectivity index is 1.44. The zero-order chi connectivity index (χ0) is 19.2. The van der Waals surface area contributed by atoms with Crippen LogP contribution in [0.15, 0.2) is 0 Å². The van der Waals surface area contributed by atoms with Crippen LogP contribution in [0.2, 0.25) is 0 Å². The topological polar surface area (TPSA) is 73.4 Å². The van der Waals surface area contributed by atoms with Crippen molar-refractivity contribution in [2.45, 2.75) is 12.8 Å². The van der Waals surface area contributed by atoms with E-state index in [1.54, 1.807) is 9.80 Å². The summed E-state index contributed by atoms with van der Waals surface area (Å²) < 4.78 is 5.22. The van der Waals surface area contributed by atoms with Gasteiger partial charge in [0.05, 0.1) is 19.8 Å². The lowest BCUT2D eigenvalue weighted by Gasteiger charge is -2.38. The first-order valence-corrected chi connectivity index (χ1v) is 9.70. The Morgan fingerprint density at radius 2 is 1.33 bits per heavy atom. The Morgan fingerprint density at radius 1 is 0.815 bits per heavy atom. The van der Waals surface area contributed by atoms with Gasteiger partial charge < -0.3 is 19.4 Å². The molecule has 0 unspecified atom stereocenters. The maximum absolute atomic E-state index is 12.8. The van der Waals surface area contributed by atoms with E-state index in [0.717, 1.165) is 25.9 Å². The third-order valence-electron chi connectivity index (χ3n) is 5.61. The SMILES string of the molecule is C#CCN1CCC(C(=O)N2CCN(C(=O)C(=O)N3CCOCC3)CC2)CC1. The number of nitrogens with zero attached hydrogens (tertiary/aromatic N) is 4. The number of rotatable bonds is 2. The van der Waals surface area contributed by atoms with Crippen LogP contribution in [0.1, 0.15) is 12.8 Å². The fourth-order valence-electron chi connectivity index (χ4n) is 3.89. The second kappa shape index (κ2) is 9.20. The van der Waals surface area contributed by atoms with Crippen molar-refractivity contribution < 1.29 is 19.1 Å². The van der Waals surface area contributed by atoms with Crippen molar-refractivity contribution >= 4 is 17.7 Å². The molecule has 8 heteroatoms. The molecule has 0 spiro atoms. The first kappa shape index (κ1) is 19.6. The van der Waals surface area contributed by atoms with Crippen LogP contribution in [0.25, 0.3) is 0 Å². The van der Waals surface area contributed by atoms with E-state index in [2.05, 4.69) is 10.8 Å². The number of ether oxygens (including phenoxy) is 1. The number of carbonyl (C=O) groups is 3. The van der Waals surface area contributed by atoms with Crippen molar-refractivity contribution in [1.29, 1.82) is 0 Å². The van der Waals surface area contributed by atoms with Gasteiger partial charge in [-0.2, -0.15) is 0 Å². The van der Waals surface area contributed by atoms with E-state index in [4.69, 9.17) is 11.2 Å². The third-order valence-corrected chi connectivity index (χ3v) is 5.61. The van der Waals surface area contributed by atoms with Gasteiger partial charge in [-0.1, -0.05) is 5.92 Å². The van der Waals surface area contributed by atoms with Gasteiger partial charge in [0.15, 0.2) is 0 Å². The molecule has 0 saturated carbocycles. The molecule has 0 aromatic heterocycles. The second-order valence-corrected chi connectivity index (χ2v) is 7.28. The van der Waals surface area contributed by atoms with Gasteiger partial charge in [-0.3, -0.25) is 19.3 Å². The van der Waals surface area contributed by atoms with Crippen molar-refractivity contribution in [2.75, 3.05) is 72.1 Å². The highest BCUT2D eigenvalue weighted by Gasteiger charge is 2.34. The molecule has 3 saturated heterocycles. The molecule has 0 aromatic rings. The van der Waals surface area contributed by atoms with E-state index in [9.17, 15) is 14.4 Å². The summed E-state index contributed by atoms with van der Waals surface area (Å²) >= 11 is 0. The molecule has 3 fully saturated rings.